The van der Waals surface area contributed by atoms with Gasteiger partial charge in [-0.15, -0.1) is 11.6 Å². The molecular formula is C11H19ClN4. The Morgan fingerprint density at radius 3 is 2.88 bits per heavy atom. The van der Waals surface area contributed by atoms with E-state index in [-0.39, 0.29) is 0 Å². The van der Waals surface area contributed by atoms with Crippen LogP contribution in [0.2, 0.25) is 0 Å². The molecule has 1 fully saturated rings. The second kappa shape index (κ2) is 5.64. The third kappa shape index (κ3) is 2.95. The number of nitrogens with zero attached hydrogens (tertiary/aromatic N) is 4. The van der Waals surface area contributed by atoms with Gasteiger partial charge in [0, 0.05) is 25.0 Å². The van der Waals surface area contributed by atoms with Crippen LogP contribution in [0.4, 0.5) is 0 Å². The fraction of sp³-hybridized carbons (Fsp3) is 0.818. The molecule has 0 amide bonds. The van der Waals surface area contributed by atoms with E-state index in [4.69, 9.17) is 11.6 Å². The molecule has 1 saturated heterocycles. The van der Waals surface area contributed by atoms with Gasteiger partial charge in [0.15, 0.2) is 0 Å². The topological polar surface area (TPSA) is 34.0 Å². The predicted molar refractivity (Wildman–Crippen MR) is 64.5 cm³/mol. The number of aromatic nitrogens is 3. The molecule has 16 heavy (non-hydrogen) atoms. The average molecular weight is 243 g/mol. The smallest absolute Gasteiger partial charge is 0.141 e. The van der Waals surface area contributed by atoms with E-state index in [9.17, 15) is 0 Å². The molecule has 1 aromatic heterocycles. The highest BCUT2D eigenvalue weighted by molar-refractivity contribution is 6.20. The van der Waals surface area contributed by atoms with Gasteiger partial charge in [0.25, 0.3) is 0 Å². The number of piperidine rings is 1. The second-order valence-corrected chi connectivity index (χ2v) is 4.97. The van der Waals surface area contributed by atoms with Gasteiger partial charge in [0.05, 0.1) is 6.54 Å². The van der Waals surface area contributed by atoms with Crippen molar-refractivity contribution >= 4 is 11.6 Å². The van der Waals surface area contributed by atoms with Crippen molar-refractivity contribution < 1.29 is 0 Å². The van der Waals surface area contributed by atoms with Gasteiger partial charge in [0.2, 0.25) is 0 Å². The first kappa shape index (κ1) is 11.9. The molecule has 0 bridgehead atoms. The summed E-state index contributed by atoms with van der Waals surface area (Å²) in [5, 5.41) is 4.60. The molecule has 0 aliphatic carbocycles. The van der Waals surface area contributed by atoms with Crippen LogP contribution in [0.5, 0.6) is 0 Å². The summed E-state index contributed by atoms with van der Waals surface area (Å²) in [5.41, 5.74) is 0. The van der Waals surface area contributed by atoms with Crippen molar-refractivity contribution in [3.05, 3.63) is 12.2 Å². The number of aryl methyl sites for hydroxylation is 1. The Hall–Kier alpha value is -0.610. The molecule has 2 heterocycles. The van der Waals surface area contributed by atoms with Gasteiger partial charge in [-0.25, -0.2) is 9.67 Å². The summed E-state index contributed by atoms with van der Waals surface area (Å²) >= 11 is 6.08. The zero-order valence-corrected chi connectivity index (χ0v) is 10.5. The Morgan fingerprint density at radius 1 is 1.44 bits per heavy atom. The summed E-state index contributed by atoms with van der Waals surface area (Å²) in [6.07, 6.45) is 4.92. The lowest BCUT2D eigenvalue weighted by atomic mass is 10.1. The number of halogens is 1. The van der Waals surface area contributed by atoms with Crippen LogP contribution < -0.4 is 0 Å². The van der Waals surface area contributed by atoms with Gasteiger partial charge in [-0.2, -0.15) is 5.10 Å². The van der Waals surface area contributed by atoms with Crippen molar-refractivity contribution in [1.29, 1.82) is 0 Å². The Morgan fingerprint density at radius 2 is 2.19 bits per heavy atom. The molecule has 0 N–H and O–H groups in total. The number of alkyl halides is 1. The van der Waals surface area contributed by atoms with Crippen LogP contribution in [0.3, 0.4) is 0 Å². The molecule has 1 aliphatic heterocycles. The quantitative estimate of drug-likeness (QED) is 0.757. The summed E-state index contributed by atoms with van der Waals surface area (Å²) in [6, 6.07) is 0. The van der Waals surface area contributed by atoms with Crippen LogP contribution >= 0.6 is 11.6 Å². The lowest BCUT2D eigenvalue weighted by molar-refractivity contribution is 0.214. The summed E-state index contributed by atoms with van der Waals surface area (Å²) < 4.78 is 2.01. The van der Waals surface area contributed by atoms with Gasteiger partial charge in [-0.1, -0.05) is 6.92 Å². The molecule has 1 aliphatic rings. The molecular weight excluding hydrogens is 224 g/mol. The van der Waals surface area contributed by atoms with Crippen LogP contribution in [0.25, 0.3) is 0 Å². The van der Waals surface area contributed by atoms with E-state index in [1.54, 1.807) is 6.33 Å². The van der Waals surface area contributed by atoms with Crippen LogP contribution in [-0.2, 0) is 13.1 Å². The number of likely N-dealkylation sites (tertiary alicyclic amines) is 1. The normalized spacial score (nSPS) is 19.1. The standard InChI is InChI=1S/C11H19ClN4/c1-2-5-16-11(13-9-14-16)8-15-6-3-10(12)4-7-15/h9-10H,2-8H2,1H3. The number of hydrogen-bond acceptors (Lipinski definition) is 3. The van der Waals surface area contributed by atoms with Crippen molar-refractivity contribution in [2.45, 2.75) is 44.7 Å². The maximum absolute atomic E-state index is 6.08. The molecule has 5 heteroatoms. The summed E-state index contributed by atoms with van der Waals surface area (Å²) in [5.74, 6) is 1.08. The minimum Gasteiger partial charge on any atom is -0.296 e. The Kier molecular flexibility index (Phi) is 4.18. The molecule has 0 aromatic carbocycles. The van der Waals surface area contributed by atoms with Crippen molar-refractivity contribution in [3.63, 3.8) is 0 Å². The number of hydrogen-bond donors (Lipinski definition) is 0. The fourth-order valence-corrected chi connectivity index (χ4v) is 2.26. The second-order valence-electron chi connectivity index (χ2n) is 4.35. The molecule has 0 spiro atoms. The van der Waals surface area contributed by atoms with E-state index in [2.05, 4.69) is 21.9 Å². The minimum atomic E-state index is 0.366. The van der Waals surface area contributed by atoms with Crippen molar-refractivity contribution in [3.8, 4) is 0 Å². The van der Waals surface area contributed by atoms with Crippen LogP contribution in [0.1, 0.15) is 32.0 Å². The maximum atomic E-state index is 6.08. The first-order valence-corrected chi connectivity index (χ1v) is 6.46. The zero-order valence-electron chi connectivity index (χ0n) is 9.77. The van der Waals surface area contributed by atoms with E-state index < -0.39 is 0 Å². The molecule has 0 saturated carbocycles. The van der Waals surface area contributed by atoms with Gasteiger partial charge in [0.1, 0.15) is 12.2 Å². The van der Waals surface area contributed by atoms with Crippen LogP contribution in [0.15, 0.2) is 6.33 Å². The van der Waals surface area contributed by atoms with E-state index in [1.165, 1.54) is 0 Å². The number of rotatable bonds is 4. The highest BCUT2D eigenvalue weighted by Gasteiger charge is 2.18. The van der Waals surface area contributed by atoms with E-state index >= 15 is 0 Å². The average Bonchev–Trinajstić information content (AvgIpc) is 2.70. The SMILES string of the molecule is CCCn1ncnc1CN1CCC(Cl)CC1. The minimum absolute atomic E-state index is 0.366. The summed E-state index contributed by atoms with van der Waals surface area (Å²) in [6.45, 7) is 6.18. The zero-order chi connectivity index (χ0) is 11.4. The molecule has 1 aromatic rings. The van der Waals surface area contributed by atoms with Gasteiger partial charge in [-0.05, 0) is 19.3 Å². The third-order valence-electron chi connectivity index (χ3n) is 3.01. The molecule has 4 nitrogen and oxygen atoms in total. The molecule has 90 valence electrons. The highest BCUT2D eigenvalue weighted by atomic mass is 35.5. The Bertz CT molecular complexity index is 318. The van der Waals surface area contributed by atoms with Gasteiger partial charge < -0.3 is 0 Å². The summed E-state index contributed by atoms with van der Waals surface area (Å²) in [7, 11) is 0. The van der Waals surface area contributed by atoms with Crippen LogP contribution in [0, 0.1) is 0 Å². The highest BCUT2D eigenvalue weighted by Crippen LogP contribution is 2.16. The summed E-state index contributed by atoms with van der Waals surface area (Å²) in [4.78, 5) is 6.74. The lowest BCUT2D eigenvalue weighted by Crippen LogP contribution is -2.34. The van der Waals surface area contributed by atoms with Gasteiger partial charge in [-0.3, -0.25) is 4.90 Å². The van der Waals surface area contributed by atoms with Crippen LogP contribution in [-0.4, -0.2) is 38.1 Å². The molecule has 0 unspecified atom stereocenters. The predicted octanol–water partition coefficient (Wildman–Crippen LogP) is 1.89. The van der Waals surface area contributed by atoms with Crippen molar-refractivity contribution in [2.75, 3.05) is 13.1 Å². The first-order valence-electron chi connectivity index (χ1n) is 6.02. The molecule has 0 radical (unpaired) electrons. The van der Waals surface area contributed by atoms with E-state index in [0.717, 1.165) is 51.3 Å². The van der Waals surface area contributed by atoms with Gasteiger partial charge >= 0.3 is 0 Å². The molecule has 0 atom stereocenters. The van der Waals surface area contributed by atoms with Crippen molar-refractivity contribution in [2.24, 2.45) is 0 Å². The van der Waals surface area contributed by atoms with E-state index in [0.29, 0.717) is 5.38 Å². The van der Waals surface area contributed by atoms with E-state index in [1.807, 2.05) is 4.68 Å². The fourth-order valence-electron chi connectivity index (χ4n) is 2.07. The lowest BCUT2D eigenvalue weighted by Gasteiger charge is -2.28. The monoisotopic (exact) mass is 242 g/mol. The Labute approximate surface area is 102 Å². The largest absolute Gasteiger partial charge is 0.296 e. The van der Waals surface area contributed by atoms with Crippen molar-refractivity contribution in [1.82, 2.24) is 19.7 Å². The molecule has 2 rings (SSSR count). The third-order valence-corrected chi connectivity index (χ3v) is 3.45. The Balaban J connectivity index is 1.90. The first-order chi connectivity index (χ1) is 7.79. The maximum Gasteiger partial charge on any atom is 0.141 e.